The summed E-state index contributed by atoms with van der Waals surface area (Å²) in [5.74, 6) is 0.883. The molecule has 0 amide bonds. The van der Waals surface area contributed by atoms with Crippen LogP contribution in [-0.2, 0) is 18.3 Å². The minimum absolute atomic E-state index is 0.524. The number of aryl methyl sites for hydroxylation is 2. The molecule has 1 aliphatic rings. The smallest absolute Gasteiger partial charge is 0.309 e. The van der Waals surface area contributed by atoms with Crippen LogP contribution in [0.3, 0.4) is 0 Å². The van der Waals surface area contributed by atoms with Gasteiger partial charge in [0, 0.05) is 25.9 Å². The minimum Gasteiger partial charge on any atom is -0.481 e. The second-order valence-electron chi connectivity index (χ2n) is 5.74. The Bertz CT molecular complexity index is 427. The Hall–Kier alpha value is -1.32. The number of carbonyl (C=O) groups is 1. The normalized spacial score (nSPS) is 28.2. The number of nitrogens with zero attached hydrogens (tertiary/aromatic N) is 2. The lowest BCUT2D eigenvalue weighted by atomic mass is 9.67. The van der Waals surface area contributed by atoms with Crippen LogP contribution in [0.5, 0.6) is 0 Å². The van der Waals surface area contributed by atoms with Gasteiger partial charge in [0.25, 0.3) is 0 Å². The van der Waals surface area contributed by atoms with Crippen molar-refractivity contribution in [2.45, 2.75) is 45.4 Å². The molecule has 0 aromatic carbocycles. The topological polar surface area (TPSA) is 55.1 Å². The Labute approximate surface area is 108 Å². The summed E-state index contributed by atoms with van der Waals surface area (Å²) in [5.41, 5.74) is -0.524. The van der Waals surface area contributed by atoms with E-state index in [0.29, 0.717) is 12.3 Å². The van der Waals surface area contributed by atoms with Gasteiger partial charge in [0.2, 0.25) is 0 Å². The maximum absolute atomic E-state index is 11.6. The first-order valence-corrected chi connectivity index (χ1v) is 6.73. The van der Waals surface area contributed by atoms with Gasteiger partial charge in [-0.25, -0.2) is 4.98 Å². The molecular weight excluding hydrogens is 228 g/mol. The highest BCUT2D eigenvalue weighted by Gasteiger charge is 2.41. The Kier molecular flexibility index (Phi) is 3.73. The van der Waals surface area contributed by atoms with Crippen LogP contribution in [0.2, 0.25) is 0 Å². The lowest BCUT2D eigenvalue weighted by Crippen LogP contribution is -2.36. The van der Waals surface area contributed by atoms with Gasteiger partial charge < -0.3 is 9.67 Å². The van der Waals surface area contributed by atoms with Crippen LogP contribution < -0.4 is 0 Å². The largest absolute Gasteiger partial charge is 0.481 e. The van der Waals surface area contributed by atoms with Crippen molar-refractivity contribution in [2.75, 3.05) is 0 Å². The second kappa shape index (κ2) is 5.12. The van der Waals surface area contributed by atoms with Gasteiger partial charge >= 0.3 is 5.97 Å². The number of carboxylic acid groups (broad SMARTS) is 1. The molecule has 0 radical (unpaired) electrons. The van der Waals surface area contributed by atoms with Crippen molar-refractivity contribution in [3.8, 4) is 0 Å². The third-order valence-corrected chi connectivity index (χ3v) is 4.29. The lowest BCUT2D eigenvalue weighted by molar-refractivity contribution is -0.152. The van der Waals surface area contributed by atoms with Crippen LogP contribution >= 0.6 is 0 Å². The van der Waals surface area contributed by atoms with Gasteiger partial charge in [-0.2, -0.15) is 0 Å². The molecule has 0 bridgehead atoms. The molecule has 0 saturated heterocycles. The Morgan fingerprint density at radius 2 is 2.44 bits per heavy atom. The summed E-state index contributed by atoms with van der Waals surface area (Å²) >= 11 is 0. The average Bonchev–Trinajstić information content (AvgIpc) is 2.72. The number of aromatic nitrogens is 2. The molecular formula is C14H22N2O2. The molecule has 0 spiro atoms. The number of carboxylic acids is 1. The number of aliphatic carboxylic acids is 1. The third kappa shape index (κ3) is 2.57. The third-order valence-electron chi connectivity index (χ3n) is 4.29. The van der Waals surface area contributed by atoms with Crippen molar-refractivity contribution in [1.82, 2.24) is 9.55 Å². The van der Waals surface area contributed by atoms with Crippen molar-refractivity contribution in [3.63, 3.8) is 0 Å². The van der Waals surface area contributed by atoms with E-state index in [1.807, 2.05) is 17.8 Å². The molecule has 2 atom stereocenters. The van der Waals surface area contributed by atoms with Crippen LogP contribution in [-0.4, -0.2) is 20.6 Å². The van der Waals surface area contributed by atoms with Crippen molar-refractivity contribution in [2.24, 2.45) is 18.4 Å². The molecule has 4 heteroatoms. The predicted octanol–water partition coefficient (Wildman–Crippen LogP) is 2.63. The van der Waals surface area contributed by atoms with E-state index < -0.39 is 11.4 Å². The van der Waals surface area contributed by atoms with Gasteiger partial charge in [0.1, 0.15) is 5.82 Å². The maximum Gasteiger partial charge on any atom is 0.309 e. The van der Waals surface area contributed by atoms with E-state index in [0.717, 1.165) is 37.9 Å². The first-order chi connectivity index (χ1) is 8.53. The van der Waals surface area contributed by atoms with Crippen LogP contribution in [0.25, 0.3) is 0 Å². The van der Waals surface area contributed by atoms with Gasteiger partial charge in [-0.3, -0.25) is 4.79 Å². The van der Waals surface area contributed by atoms with Crippen LogP contribution in [0.15, 0.2) is 12.4 Å². The van der Waals surface area contributed by atoms with E-state index in [2.05, 4.69) is 11.9 Å². The van der Waals surface area contributed by atoms with Crippen molar-refractivity contribution in [1.29, 1.82) is 0 Å². The molecule has 0 aliphatic heterocycles. The molecule has 1 aliphatic carbocycles. The molecule has 4 nitrogen and oxygen atoms in total. The molecule has 1 N–H and O–H groups in total. The molecule has 100 valence electrons. The number of hydrogen-bond donors (Lipinski definition) is 1. The summed E-state index contributed by atoms with van der Waals surface area (Å²) in [4.78, 5) is 15.9. The molecule has 18 heavy (non-hydrogen) atoms. The van der Waals surface area contributed by atoms with Crippen molar-refractivity contribution >= 4 is 5.97 Å². The molecule has 1 aromatic rings. The van der Waals surface area contributed by atoms with Crippen molar-refractivity contribution in [3.05, 3.63) is 18.2 Å². The van der Waals surface area contributed by atoms with Gasteiger partial charge in [0.15, 0.2) is 0 Å². The Morgan fingerprint density at radius 1 is 1.67 bits per heavy atom. The number of hydrogen-bond acceptors (Lipinski definition) is 2. The summed E-state index contributed by atoms with van der Waals surface area (Å²) in [6.45, 7) is 2.16. The van der Waals surface area contributed by atoms with E-state index in [4.69, 9.17) is 0 Å². The van der Waals surface area contributed by atoms with E-state index in [1.165, 1.54) is 0 Å². The summed E-state index contributed by atoms with van der Waals surface area (Å²) < 4.78 is 1.97. The monoisotopic (exact) mass is 250 g/mol. The molecule has 1 fully saturated rings. The fourth-order valence-electron chi connectivity index (χ4n) is 3.18. The lowest BCUT2D eigenvalue weighted by Gasteiger charge is -2.36. The molecule has 2 rings (SSSR count). The highest BCUT2D eigenvalue weighted by Crippen LogP contribution is 2.42. The zero-order valence-electron chi connectivity index (χ0n) is 11.2. The number of imidazole rings is 1. The SMILES string of the molecule is CC1CCCC(CCc2nccn2C)(C(=O)O)C1. The summed E-state index contributed by atoms with van der Waals surface area (Å²) in [5, 5.41) is 9.58. The van der Waals surface area contributed by atoms with E-state index in [-0.39, 0.29) is 0 Å². The van der Waals surface area contributed by atoms with Crippen molar-refractivity contribution < 1.29 is 9.90 Å². The number of rotatable bonds is 4. The predicted molar refractivity (Wildman–Crippen MR) is 69.2 cm³/mol. The fourth-order valence-corrected chi connectivity index (χ4v) is 3.18. The maximum atomic E-state index is 11.6. The van der Waals surface area contributed by atoms with Gasteiger partial charge in [-0.15, -0.1) is 0 Å². The van der Waals surface area contributed by atoms with Gasteiger partial charge in [-0.05, 0) is 25.2 Å². The second-order valence-corrected chi connectivity index (χ2v) is 5.74. The van der Waals surface area contributed by atoms with Gasteiger partial charge in [-0.1, -0.05) is 19.8 Å². The van der Waals surface area contributed by atoms with Crippen LogP contribution in [0, 0.1) is 11.3 Å². The van der Waals surface area contributed by atoms with E-state index >= 15 is 0 Å². The molecule has 2 unspecified atom stereocenters. The standard InChI is InChI=1S/C14H22N2O2/c1-11-4-3-6-14(10-11,13(17)18)7-5-12-15-8-9-16(12)2/h8-9,11H,3-7,10H2,1-2H3,(H,17,18). The Morgan fingerprint density at radius 3 is 3.00 bits per heavy atom. The van der Waals surface area contributed by atoms with E-state index in [1.54, 1.807) is 6.20 Å². The van der Waals surface area contributed by atoms with Crippen LogP contribution in [0.4, 0.5) is 0 Å². The average molecular weight is 250 g/mol. The summed E-state index contributed by atoms with van der Waals surface area (Å²) in [6, 6.07) is 0. The zero-order chi connectivity index (χ0) is 13.2. The van der Waals surface area contributed by atoms with Crippen LogP contribution in [0.1, 0.15) is 44.9 Å². The molecule has 1 heterocycles. The highest BCUT2D eigenvalue weighted by atomic mass is 16.4. The fraction of sp³-hybridized carbons (Fsp3) is 0.714. The quantitative estimate of drug-likeness (QED) is 0.893. The molecule has 1 aromatic heterocycles. The van der Waals surface area contributed by atoms with E-state index in [9.17, 15) is 9.90 Å². The van der Waals surface area contributed by atoms with Gasteiger partial charge in [0.05, 0.1) is 5.41 Å². The Balaban J connectivity index is 2.07. The molecule has 1 saturated carbocycles. The first kappa shape index (κ1) is 13.1. The minimum atomic E-state index is -0.622. The summed E-state index contributed by atoms with van der Waals surface area (Å²) in [7, 11) is 1.96. The summed E-state index contributed by atoms with van der Waals surface area (Å²) in [6.07, 6.45) is 8.97. The highest BCUT2D eigenvalue weighted by molar-refractivity contribution is 5.74. The first-order valence-electron chi connectivity index (χ1n) is 6.73. The zero-order valence-corrected chi connectivity index (χ0v) is 11.2.